The third-order valence-electron chi connectivity index (χ3n) is 5.46. The zero-order chi connectivity index (χ0) is 18.3. The molecule has 3 N–H and O–H groups in total. The number of hydrogen-bond donors (Lipinski definition) is 2. The summed E-state index contributed by atoms with van der Waals surface area (Å²) >= 11 is 3.13. The maximum Gasteiger partial charge on any atom is 0.266 e. The highest BCUT2D eigenvalue weighted by Gasteiger charge is 2.28. The topological polar surface area (TPSA) is 72.2 Å². The van der Waals surface area contributed by atoms with E-state index in [1.54, 1.807) is 11.3 Å². The maximum atomic E-state index is 12.8. The highest BCUT2D eigenvalue weighted by Crippen LogP contribution is 2.40. The summed E-state index contributed by atoms with van der Waals surface area (Å²) in [6.45, 7) is 2.23. The van der Waals surface area contributed by atoms with Crippen LogP contribution in [-0.4, -0.2) is 11.8 Å². The second-order valence-electron chi connectivity index (χ2n) is 7.49. The van der Waals surface area contributed by atoms with Crippen molar-refractivity contribution in [2.45, 2.75) is 58.3 Å². The molecular weight excluding hydrogens is 364 g/mol. The van der Waals surface area contributed by atoms with Crippen LogP contribution in [0.3, 0.4) is 0 Å². The number of amides is 2. The van der Waals surface area contributed by atoms with Gasteiger partial charge < -0.3 is 11.1 Å². The van der Waals surface area contributed by atoms with Crippen LogP contribution in [0.2, 0.25) is 0 Å². The lowest BCUT2D eigenvalue weighted by atomic mass is 9.88. The van der Waals surface area contributed by atoms with Crippen LogP contribution >= 0.6 is 22.7 Å². The van der Waals surface area contributed by atoms with Crippen LogP contribution in [0, 0.1) is 5.92 Å². The first-order valence-electron chi connectivity index (χ1n) is 9.40. The molecule has 1 atom stereocenters. The van der Waals surface area contributed by atoms with Crippen molar-refractivity contribution in [3.05, 3.63) is 37.4 Å². The van der Waals surface area contributed by atoms with Gasteiger partial charge >= 0.3 is 0 Å². The van der Waals surface area contributed by atoms with Gasteiger partial charge in [0.2, 0.25) is 0 Å². The summed E-state index contributed by atoms with van der Waals surface area (Å²) in [7, 11) is 0. The zero-order valence-electron chi connectivity index (χ0n) is 15.0. The van der Waals surface area contributed by atoms with Crippen LogP contribution in [0.15, 0.2) is 6.07 Å². The number of rotatable bonds is 3. The number of carbonyl (C=O) groups excluding carboxylic acids is 2. The molecule has 2 aromatic rings. The van der Waals surface area contributed by atoms with E-state index in [9.17, 15) is 9.59 Å². The Balaban J connectivity index is 1.61. The normalized spacial score (nSPS) is 19.3. The van der Waals surface area contributed by atoms with Gasteiger partial charge in [-0.1, -0.05) is 13.3 Å². The number of anilines is 1. The molecule has 0 spiro atoms. The van der Waals surface area contributed by atoms with Crippen LogP contribution in [0.1, 0.15) is 73.5 Å². The van der Waals surface area contributed by atoms with Crippen LogP contribution in [0.25, 0.3) is 0 Å². The highest BCUT2D eigenvalue weighted by atomic mass is 32.1. The van der Waals surface area contributed by atoms with Crippen molar-refractivity contribution < 1.29 is 9.59 Å². The summed E-state index contributed by atoms with van der Waals surface area (Å²) in [5, 5.41) is 3.62. The summed E-state index contributed by atoms with van der Waals surface area (Å²) in [5.41, 5.74) is 8.56. The number of nitrogens with one attached hydrogen (secondary N) is 1. The van der Waals surface area contributed by atoms with Crippen molar-refractivity contribution in [2.24, 2.45) is 11.7 Å². The van der Waals surface area contributed by atoms with Crippen molar-refractivity contribution in [1.29, 1.82) is 0 Å². The molecule has 2 aliphatic carbocycles. The Morgan fingerprint density at radius 1 is 1.12 bits per heavy atom. The molecule has 0 radical (unpaired) electrons. The SMILES string of the molecule is C[C@H]1CCc2c(sc(NC(=O)c3cc4c(s3)CCCCC4)c2C(N)=O)C1. The van der Waals surface area contributed by atoms with Gasteiger partial charge in [0.1, 0.15) is 5.00 Å². The fraction of sp³-hybridized carbons (Fsp3) is 0.500. The van der Waals surface area contributed by atoms with E-state index >= 15 is 0 Å². The number of aryl methyl sites for hydroxylation is 2. The van der Waals surface area contributed by atoms with Crippen molar-refractivity contribution >= 4 is 39.5 Å². The Kier molecular flexibility index (Phi) is 4.88. The lowest BCUT2D eigenvalue weighted by molar-refractivity contribution is 0.1000. The van der Waals surface area contributed by atoms with Gasteiger partial charge in [0.15, 0.2) is 0 Å². The molecule has 2 aromatic heterocycles. The summed E-state index contributed by atoms with van der Waals surface area (Å²) in [4.78, 5) is 28.2. The van der Waals surface area contributed by atoms with Gasteiger partial charge in [-0.15, -0.1) is 22.7 Å². The second-order valence-corrected chi connectivity index (χ2v) is 9.74. The first-order chi connectivity index (χ1) is 12.5. The predicted molar refractivity (Wildman–Crippen MR) is 108 cm³/mol. The third kappa shape index (κ3) is 3.32. The Bertz CT molecular complexity index is 842. The molecule has 0 saturated heterocycles. The van der Waals surface area contributed by atoms with E-state index in [2.05, 4.69) is 12.2 Å². The third-order valence-corrected chi connectivity index (χ3v) is 7.86. The van der Waals surface area contributed by atoms with Crippen LogP contribution in [0.5, 0.6) is 0 Å². The van der Waals surface area contributed by atoms with E-state index in [1.807, 2.05) is 6.07 Å². The molecule has 6 heteroatoms. The summed E-state index contributed by atoms with van der Waals surface area (Å²) in [6.07, 6.45) is 8.71. The minimum atomic E-state index is -0.436. The van der Waals surface area contributed by atoms with E-state index in [4.69, 9.17) is 5.73 Å². The molecule has 2 aliphatic rings. The molecule has 0 aromatic carbocycles. The standard InChI is InChI=1S/C20H24N2O2S2/c1-11-7-8-13-15(9-11)26-20(17(13)18(21)23)22-19(24)16-10-12-5-3-2-4-6-14(12)25-16/h10-11H,2-9H2,1H3,(H2,21,23)(H,22,24)/t11-/m0/s1. The van der Waals surface area contributed by atoms with Gasteiger partial charge in [0.25, 0.3) is 11.8 Å². The molecule has 4 rings (SSSR count). The molecular formula is C20H24N2O2S2. The second kappa shape index (κ2) is 7.16. The number of nitrogens with two attached hydrogens (primary N) is 1. The van der Waals surface area contributed by atoms with E-state index in [0.29, 0.717) is 16.5 Å². The van der Waals surface area contributed by atoms with Crippen LogP contribution in [0.4, 0.5) is 5.00 Å². The smallest absolute Gasteiger partial charge is 0.266 e. The van der Waals surface area contributed by atoms with Crippen LogP contribution < -0.4 is 11.1 Å². The van der Waals surface area contributed by atoms with Crippen molar-refractivity contribution in [3.8, 4) is 0 Å². The summed E-state index contributed by atoms with van der Waals surface area (Å²) in [5.74, 6) is 0.0601. The van der Waals surface area contributed by atoms with Gasteiger partial charge in [-0.3, -0.25) is 9.59 Å². The number of carbonyl (C=O) groups is 2. The van der Waals surface area contributed by atoms with E-state index in [0.717, 1.165) is 42.5 Å². The molecule has 138 valence electrons. The van der Waals surface area contributed by atoms with Gasteiger partial charge in [-0.25, -0.2) is 0 Å². The van der Waals surface area contributed by atoms with Crippen molar-refractivity contribution in [2.75, 3.05) is 5.32 Å². The molecule has 0 aliphatic heterocycles. The predicted octanol–water partition coefficient (Wildman–Crippen LogP) is 4.55. The van der Waals surface area contributed by atoms with Crippen molar-refractivity contribution in [1.82, 2.24) is 0 Å². The monoisotopic (exact) mass is 388 g/mol. The maximum absolute atomic E-state index is 12.8. The first-order valence-corrected chi connectivity index (χ1v) is 11.0. The molecule has 26 heavy (non-hydrogen) atoms. The van der Waals surface area contributed by atoms with Crippen molar-refractivity contribution in [3.63, 3.8) is 0 Å². The number of hydrogen-bond acceptors (Lipinski definition) is 4. The summed E-state index contributed by atoms with van der Waals surface area (Å²) < 4.78 is 0. The molecule has 0 bridgehead atoms. The average Bonchev–Trinajstić information content (AvgIpc) is 3.08. The molecule has 0 fully saturated rings. The van der Waals surface area contributed by atoms with Crippen LogP contribution in [-0.2, 0) is 25.7 Å². The molecule has 2 heterocycles. The number of fused-ring (bicyclic) bond motifs is 2. The molecule has 0 saturated carbocycles. The van der Waals surface area contributed by atoms with E-state index < -0.39 is 5.91 Å². The first kappa shape index (κ1) is 17.7. The lowest BCUT2D eigenvalue weighted by Gasteiger charge is -2.18. The fourth-order valence-corrected chi connectivity index (χ4v) is 6.60. The summed E-state index contributed by atoms with van der Waals surface area (Å²) in [6, 6.07) is 2.04. The molecule has 0 unspecified atom stereocenters. The lowest BCUT2D eigenvalue weighted by Crippen LogP contribution is -2.19. The van der Waals surface area contributed by atoms with Gasteiger partial charge in [-0.2, -0.15) is 0 Å². The quantitative estimate of drug-likeness (QED) is 0.757. The fourth-order valence-electron chi connectivity index (χ4n) is 4.04. The van der Waals surface area contributed by atoms with Gasteiger partial charge in [0, 0.05) is 9.75 Å². The Morgan fingerprint density at radius 3 is 2.73 bits per heavy atom. The van der Waals surface area contributed by atoms with E-state index in [1.165, 1.54) is 45.9 Å². The Hall–Kier alpha value is -1.66. The average molecular weight is 389 g/mol. The van der Waals surface area contributed by atoms with Gasteiger partial charge in [-0.05, 0) is 68.1 Å². The highest BCUT2D eigenvalue weighted by molar-refractivity contribution is 7.17. The minimum absolute atomic E-state index is 0.114. The Morgan fingerprint density at radius 2 is 1.92 bits per heavy atom. The largest absolute Gasteiger partial charge is 0.365 e. The Labute approximate surface area is 161 Å². The molecule has 4 nitrogen and oxygen atoms in total. The zero-order valence-corrected chi connectivity index (χ0v) is 16.7. The number of thiophene rings is 2. The van der Waals surface area contributed by atoms with E-state index in [-0.39, 0.29) is 5.91 Å². The molecule has 2 amide bonds. The minimum Gasteiger partial charge on any atom is -0.365 e. The van der Waals surface area contributed by atoms with Gasteiger partial charge in [0.05, 0.1) is 10.4 Å². The number of primary amides is 1.